The van der Waals surface area contributed by atoms with Gasteiger partial charge in [0.2, 0.25) is 0 Å². The molecule has 2 unspecified atom stereocenters. The van der Waals surface area contributed by atoms with Gasteiger partial charge in [0, 0.05) is 26.8 Å². The molecule has 1 aromatic carbocycles. The number of amides is 2. The van der Waals surface area contributed by atoms with E-state index in [-0.39, 0.29) is 18.2 Å². The second kappa shape index (κ2) is 6.45. The highest BCUT2D eigenvalue weighted by molar-refractivity contribution is 5.75. The van der Waals surface area contributed by atoms with Crippen molar-refractivity contribution in [3.8, 4) is 0 Å². The van der Waals surface area contributed by atoms with Crippen LogP contribution < -0.4 is 5.32 Å². The maximum absolute atomic E-state index is 12.5. The van der Waals surface area contributed by atoms with Crippen molar-refractivity contribution in [1.82, 2.24) is 10.2 Å². The number of benzene rings is 1. The molecule has 0 saturated carbocycles. The molecule has 1 N–H and O–H groups in total. The van der Waals surface area contributed by atoms with Crippen LogP contribution in [0.15, 0.2) is 24.3 Å². The second-order valence-corrected chi connectivity index (χ2v) is 5.69. The molecule has 0 aromatic heterocycles. The van der Waals surface area contributed by atoms with E-state index in [1.807, 2.05) is 17.0 Å². The Labute approximate surface area is 125 Å². The molecule has 2 aliphatic heterocycles. The smallest absolute Gasteiger partial charge is 0.318 e. The van der Waals surface area contributed by atoms with Crippen LogP contribution in [-0.4, -0.2) is 43.4 Å². The molecule has 21 heavy (non-hydrogen) atoms. The summed E-state index contributed by atoms with van der Waals surface area (Å²) in [5.41, 5.74) is 2.46. The summed E-state index contributed by atoms with van der Waals surface area (Å²) in [5, 5.41) is 3.07. The summed E-state index contributed by atoms with van der Waals surface area (Å²) in [6.45, 7) is 2.60. The average Bonchev–Trinajstić information content (AvgIpc) is 3.16. The van der Waals surface area contributed by atoms with Crippen LogP contribution in [0.4, 0.5) is 4.79 Å². The normalized spacial score (nSPS) is 22.1. The lowest BCUT2D eigenvalue weighted by molar-refractivity contribution is 0.0446. The first kappa shape index (κ1) is 14.4. The molecule has 5 heteroatoms. The van der Waals surface area contributed by atoms with Gasteiger partial charge in [-0.3, -0.25) is 0 Å². The van der Waals surface area contributed by atoms with E-state index in [1.54, 1.807) is 7.11 Å². The number of fused-ring (bicyclic) bond motifs is 1. The van der Waals surface area contributed by atoms with Crippen molar-refractivity contribution >= 4 is 6.03 Å². The average molecular weight is 290 g/mol. The zero-order valence-electron chi connectivity index (χ0n) is 12.4. The number of carbonyl (C=O) groups is 1. The lowest BCUT2D eigenvalue weighted by atomic mass is 10.1. The summed E-state index contributed by atoms with van der Waals surface area (Å²) >= 11 is 0. The topological polar surface area (TPSA) is 50.8 Å². The molecule has 5 nitrogen and oxygen atoms in total. The third-order valence-corrected chi connectivity index (χ3v) is 4.20. The van der Waals surface area contributed by atoms with E-state index in [9.17, 15) is 4.79 Å². The van der Waals surface area contributed by atoms with Crippen molar-refractivity contribution in [2.75, 3.05) is 20.3 Å². The van der Waals surface area contributed by atoms with Gasteiger partial charge in [-0.1, -0.05) is 24.3 Å². The third-order valence-electron chi connectivity index (χ3n) is 4.20. The number of nitrogens with zero attached hydrogens (tertiary/aromatic N) is 1. The maximum atomic E-state index is 12.5. The predicted molar refractivity (Wildman–Crippen MR) is 78.9 cm³/mol. The molecule has 0 spiro atoms. The molecule has 0 radical (unpaired) electrons. The predicted octanol–water partition coefficient (Wildman–Crippen LogP) is 1.91. The molecule has 0 aliphatic carbocycles. The van der Waals surface area contributed by atoms with E-state index in [4.69, 9.17) is 9.47 Å². The molecule has 2 heterocycles. The molecular weight excluding hydrogens is 268 g/mol. The Morgan fingerprint density at radius 2 is 2.14 bits per heavy atom. The standard InChI is InChI=1S/C16H22N2O3/c1-20-11-14(15-7-4-8-21-15)17-16(19)18-9-12-5-2-3-6-13(12)10-18/h2-3,5-6,14-15H,4,7-11H2,1H3,(H,17,19). The number of urea groups is 1. The molecule has 2 atom stereocenters. The van der Waals surface area contributed by atoms with Crippen LogP contribution in [0.1, 0.15) is 24.0 Å². The monoisotopic (exact) mass is 290 g/mol. The molecular formula is C16H22N2O3. The minimum absolute atomic E-state index is 0.0382. The first-order chi connectivity index (χ1) is 10.3. The van der Waals surface area contributed by atoms with Crippen LogP contribution in [0.25, 0.3) is 0 Å². The third kappa shape index (κ3) is 3.19. The van der Waals surface area contributed by atoms with Gasteiger partial charge in [0.15, 0.2) is 0 Å². The van der Waals surface area contributed by atoms with Crippen LogP contribution >= 0.6 is 0 Å². The molecule has 1 saturated heterocycles. The van der Waals surface area contributed by atoms with Gasteiger partial charge in [-0.2, -0.15) is 0 Å². The SMILES string of the molecule is COCC(NC(=O)N1Cc2ccccc2C1)C1CCCO1. The number of hydrogen-bond acceptors (Lipinski definition) is 3. The Morgan fingerprint density at radius 3 is 2.71 bits per heavy atom. The first-order valence-corrected chi connectivity index (χ1v) is 7.50. The van der Waals surface area contributed by atoms with E-state index in [0.717, 1.165) is 19.4 Å². The highest BCUT2D eigenvalue weighted by atomic mass is 16.5. The van der Waals surface area contributed by atoms with Crippen LogP contribution in [-0.2, 0) is 22.6 Å². The molecule has 3 rings (SSSR count). The van der Waals surface area contributed by atoms with Gasteiger partial charge in [-0.05, 0) is 24.0 Å². The Kier molecular flexibility index (Phi) is 4.41. The Balaban J connectivity index is 1.60. The fourth-order valence-electron chi connectivity index (χ4n) is 3.07. The zero-order valence-corrected chi connectivity index (χ0v) is 12.4. The Hall–Kier alpha value is -1.59. The Bertz CT molecular complexity index is 475. The van der Waals surface area contributed by atoms with Crippen molar-refractivity contribution < 1.29 is 14.3 Å². The number of hydrogen-bond donors (Lipinski definition) is 1. The molecule has 2 aliphatic rings. The Morgan fingerprint density at radius 1 is 1.43 bits per heavy atom. The molecule has 0 bridgehead atoms. The van der Waals surface area contributed by atoms with Crippen molar-refractivity contribution in [1.29, 1.82) is 0 Å². The summed E-state index contributed by atoms with van der Waals surface area (Å²) in [6, 6.07) is 8.07. The summed E-state index contributed by atoms with van der Waals surface area (Å²) in [5.74, 6) is 0. The van der Waals surface area contributed by atoms with Crippen LogP contribution in [0, 0.1) is 0 Å². The number of methoxy groups -OCH3 is 1. The summed E-state index contributed by atoms with van der Waals surface area (Å²) < 4.78 is 10.9. The van der Waals surface area contributed by atoms with Gasteiger partial charge in [0.05, 0.1) is 18.8 Å². The highest BCUT2D eigenvalue weighted by Crippen LogP contribution is 2.23. The van der Waals surface area contributed by atoms with Gasteiger partial charge in [-0.25, -0.2) is 4.79 Å². The summed E-state index contributed by atoms with van der Waals surface area (Å²) in [6.07, 6.45) is 2.10. The first-order valence-electron chi connectivity index (χ1n) is 7.50. The van der Waals surface area contributed by atoms with E-state index >= 15 is 0 Å². The quantitative estimate of drug-likeness (QED) is 0.921. The molecule has 114 valence electrons. The molecule has 2 amide bonds. The van der Waals surface area contributed by atoms with Crippen molar-refractivity contribution in [3.05, 3.63) is 35.4 Å². The number of ether oxygens (including phenoxy) is 2. The molecule has 1 fully saturated rings. The van der Waals surface area contributed by atoms with Gasteiger partial charge in [0.25, 0.3) is 0 Å². The van der Waals surface area contributed by atoms with Crippen LogP contribution in [0.3, 0.4) is 0 Å². The van der Waals surface area contributed by atoms with E-state index < -0.39 is 0 Å². The summed E-state index contributed by atoms with van der Waals surface area (Å²) in [7, 11) is 1.65. The number of rotatable bonds is 4. The minimum Gasteiger partial charge on any atom is -0.382 e. The van der Waals surface area contributed by atoms with E-state index in [0.29, 0.717) is 19.7 Å². The van der Waals surface area contributed by atoms with Gasteiger partial charge in [-0.15, -0.1) is 0 Å². The van der Waals surface area contributed by atoms with Crippen molar-refractivity contribution in [2.24, 2.45) is 0 Å². The lowest BCUT2D eigenvalue weighted by Crippen LogP contribution is -2.50. The van der Waals surface area contributed by atoms with E-state index in [1.165, 1.54) is 11.1 Å². The van der Waals surface area contributed by atoms with E-state index in [2.05, 4.69) is 17.4 Å². The number of nitrogens with one attached hydrogen (secondary N) is 1. The fourth-order valence-corrected chi connectivity index (χ4v) is 3.07. The fraction of sp³-hybridized carbons (Fsp3) is 0.562. The maximum Gasteiger partial charge on any atom is 0.318 e. The highest BCUT2D eigenvalue weighted by Gasteiger charge is 2.30. The van der Waals surface area contributed by atoms with Gasteiger partial charge < -0.3 is 19.7 Å². The van der Waals surface area contributed by atoms with Crippen molar-refractivity contribution in [3.63, 3.8) is 0 Å². The summed E-state index contributed by atoms with van der Waals surface area (Å²) in [4.78, 5) is 14.3. The van der Waals surface area contributed by atoms with Crippen LogP contribution in [0.2, 0.25) is 0 Å². The second-order valence-electron chi connectivity index (χ2n) is 5.69. The largest absolute Gasteiger partial charge is 0.382 e. The van der Waals surface area contributed by atoms with Gasteiger partial charge >= 0.3 is 6.03 Å². The minimum atomic E-state index is -0.0753. The zero-order chi connectivity index (χ0) is 14.7. The molecule has 1 aromatic rings. The van der Waals surface area contributed by atoms with Crippen molar-refractivity contribution in [2.45, 2.75) is 38.1 Å². The lowest BCUT2D eigenvalue weighted by Gasteiger charge is -2.26. The number of carbonyl (C=O) groups excluding carboxylic acids is 1. The van der Waals surface area contributed by atoms with Crippen LogP contribution in [0.5, 0.6) is 0 Å². The van der Waals surface area contributed by atoms with Gasteiger partial charge in [0.1, 0.15) is 0 Å².